The molecule has 0 fully saturated rings. The van der Waals surface area contributed by atoms with Gasteiger partial charge in [-0.05, 0) is 37.5 Å². The van der Waals surface area contributed by atoms with Crippen LogP contribution < -0.4 is 10.2 Å². The van der Waals surface area contributed by atoms with E-state index in [-0.39, 0.29) is 0 Å². The summed E-state index contributed by atoms with van der Waals surface area (Å²) in [6.45, 7) is 5.14. The van der Waals surface area contributed by atoms with Crippen molar-refractivity contribution in [2.75, 3.05) is 23.8 Å². The molecule has 1 aliphatic heterocycles. The Labute approximate surface area is 119 Å². The number of benzene rings is 1. The molecule has 20 heavy (non-hydrogen) atoms. The van der Waals surface area contributed by atoms with E-state index in [4.69, 9.17) is 0 Å². The molecule has 4 heteroatoms. The Morgan fingerprint density at radius 1 is 1.25 bits per heavy atom. The molecule has 1 aromatic carbocycles. The average molecular weight is 268 g/mol. The van der Waals surface area contributed by atoms with Gasteiger partial charge in [0, 0.05) is 36.7 Å². The minimum absolute atomic E-state index is 0.810. The van der Waals surface area contributed by atoms with Crippen LogP contribution in [-0.4, -0.2) is 23.6 Å². The Kier molecular flexibility index (Phi) is 3.30. The highest BCUT2D eigenvalue weighted by Crippen LogP contribution is 2.30. The first-order valence-corrected chi connectivity index (χ1v) is 7.11. The minimum atomic E-state index is 0.810. The molecule has 0 unspecified atom stereocenters. The van der Waals surface area contributed by atoms with Crippen molar-refractivity contribution >= 4 is 17.2 Å². The largest absolute Gasteiger partial charge is 0.374 e. The molecule has 0 bridgehead atoms. The summed E-state index contributed by atoms with van der Waals surface area (Å²) in [5, 5.41) is 3.39. The summed E-state index contributed by atoms with van der Waals surface area (Å²) in [4.78, 5) is 11.2. The fraction of sp³-hybridized carbons (Fsp3) is 0.375. The highest BCUT2D eigenvalue weighted by atomic mass is 15.1. The van der Waals surface area contributed by atoms with E-state index in [1.807, 2.05) is 13.0 Å². The van der Waals surface area contributed by atoms with E-state index in [9.17, 15) is 0 Å². The highest BCUT2D eigenvalue weighted by molar-refractivity contribution is 5.68. The zero-order valence-corrected chi connectivity index (χ0v) is 12.3. The Morgan fingerprint density at radius 2 is 2.10 bits per heavy atom. The van der Waals surface area contributed by atoms with Crippen molar-refractivity contribution in [3.8, 4) is 0 Å². The zero-order valence-electron chi connectivity index (χ0n) is 12.3. The summed E-state index contributed by atoms with van der Waals surface area (Å²) in [6, 6.07) is 8.55. The summed E-state index contributed by atoms with van der Waals surface area (Å²) in [5.41, 5.74) is 4.89. The molecule has 0 aliphatic carbocycles. The summed E-state index contributed by atoms with van der Waals surface area (Å²) >= 11 is 0. The molecule has 0 radical (unpaired) electrons. The molecule has 2 aromatic rings. The maximum atomic E-state index is 4.45. The SMILES string of the molecule is CCc1cc(Nc2ccc3c(c2)N(C)CC3)nc(C)n1. The summed E-state index contributed by atoms with van der Waals surface area (Å²) < 4.78 is 0. The van der Waals surface area contributed by atoms with Gasteiger partial charge in [-0.25, -0.2) is 9.97 Å². The van der Waals surface area contributed by atoms with Crippen LogP contribution in [0.1, 0.15) is 24.0 Å². The Balaban J connectivity index is 1.88. The molecule has 1 aliphatic rings. The van der Waals surface area contributed by atoms with E-state index in [1.54, 1.807) is 0 Å². The lowest BCUT2D eigenvalue weighted by molar-refractivity contribution is 0.952. The maximum Gasteiger partial charge on any atom is 0.134 e. The first kappa shape index (κ1) is 12.9. The maximum absolute atomic E-state index is 4.45. The van der Waals surface area contributed by atoms with Crippen molar-refractivity contribution in [1.82, 2.24) is 9.97 Å². The number of nitrogens with zero attached hydrogens (tertiary/aromatic N) is 3. The smallest absolute Gasteiger partial charge is 0.134 e. The van der Waals surface area contributed by atoms with Crippen LogP contribution in [0.2, 0.25) is 0 Å². The molecule has 2 heterocycles. The standard InChI is InChI=1S/C16H20N4/c1-4-13-10-16(18-11(2)17-13)19-14-6-5-12-7-8-20(3)15(12)9-14/h5-6,9-10H,4,7-8H2,1-3H3,(H,17,18,19). The fourth-order valence-electron chi connectivity index (χ4n) is 2.64. The van der Waals surface area contributed by atoms with Crippen molar-refractivity contribution in [2.45, 2.75) is 26.7 Å². The molecule has 1 N–H and O–H groups in total. The van der Waals surface area contributed by atoms with Gasteiger partial charge in [0.1, 0.15) is 11.6 Å². The highest BCUT2D eigenvalue weighted by Gasteiger charge is 2.15. The summed E-state index contributed by atoms with van der Waals surface area (Å²) in [6.07, 6.45) is 2.06. The van der Waals surface area contributed by atoms with Crippen molar-refractivity contribution in [3.63, 3.8) is 0 Å². The van der Waals surface area contributed by atoms with E-state index in [0.29, 0.717) is 0 Å². The minimum Gasteiger partial charge on any atom is -0.374 e. The molecule has 3 rings (SSSR count). The van der Waals surface area contributed by atoms with Gasteiger partial charge in [-0.1, -0.05) is 13.0 Å². The Bertz CT molecular complexity index is 636. The average Bonchev–Trinajstić information content (AvgIpc) is 2.79. The van der Waals surface area contributed by atoms with Crippen LogP contribution in [0.15, 0.2) is 24.3 Å². The second-order valence-corrected chi connectivity index (χ2v) is 5.29. The molecule has 0 spiro atoms. The van der Waals surface area contributed by atoms with Crippen LogP contribution in [-0.2, 0) is 12.8 Å². The van der Waals surface area contributed by atoms with E-state index in [0.717, 1.165) is 42.4 Å². The van der Waals surface area contributed by atoms with Gasteiger partial charge in [-0.3, -0.25) is 0 Å². The van der Waals surface area contributed by atoms with Crippen LogP contribution >= 0.6 is 0 Å². The molecule has 0 saturated carbocycles. The molecule has 0 saturated heterocycles. The number of nitrogens with one attached hydrogen (secondary N) is 1. The molecule has 4 nitrogen and oxygen atoms in total. The summed E-state index contributed by atoms with van der Waals surface area (Å²) in [7, 11) is 2.14. The number of hydrogen-bond acceptors (Lipinski definition) is 4. The monoisotopic (exact) mass is 268 g/mol. The van der Waals surface area contributed by atoms with Gasteiger partial charge in [0.2, 0.25) is 0 Å². The third-order valence-electron chi connectivity index (χ3n) is 3.74. The van der Waals surface area contributed by atoms with Crippen LogP contribution in [0.3, 0.4) is 0 Å². The number of hydrogen-bond donors (Lipinski definition) is 1. The predicted octanol–water partition coefficient (Wildman–Crippen LogP) is 3.08. The number of rotatable bonds is 3. The third-order valence-corrected chi connectivity index (χ3v) is 3.74. The second-order valence-electron chi connectivity index (χ2n) is 5.29. The van der Waals surface area contributed by atoms with Gasteiger partial charge < -0.3 is 10.2 Å². The number of fused-ring (bicyclic) bond motifs is 1. The Hall–Kier alpha value is -2.10. The fourth-order valence-corrected chi connectivity index (χ4v) is 2.64. The number of aromatic nitrogens is 2. The molecule has 0 amide bonds. The predicted molar refractivity (Wildman–Crippen MR) is 82.8 cm³/mol. The lowest BCUT2D eigenvalue weighted by Crippen LogP contribution is -2.12. The Morgan fingerprint density at radius 3 is 2.90 bits per heavy atom. The van der Waals surface area contributed by atoms with E-state index >= 15 is 0 Å². The first-order chi connectivity index (χ1) is 9.65. The van der Waals surface area contributed by atoms with E-state index in [2.05, 4.69) is 52.4 Å². The third kappa shape index (κ3) is 2.46. The second kappa shape index (κ2) is 5.12. The van der Waals surface area contributed by atoms with Crippen molar-refractivity contribution in [1.29, 1.82) is 0 Å². The van der Waals surface area contributed by atoms with Crippen LogP contribution in [0.5, 0.6) is 0 Å². The number of anilines is 3. The molecule has 1 aromatic heterocycles. The molecule has 104 valence electrons. The summed E-state index contributed by atoms with van der Waals surface area (Å²) in [5.74, 6) is 1.68. The van der Waals surface area contributed by atoms with Gasteiger partial charge in [-0.15, -0.1) is 0 Å². The lowest BCUT2D eigenvalue weighted by atomic mass is 10.1. The quantitative estimate of drug-likeness (QED) is 0.928. The first-order valence-electron chi connectivity index (χ1n) is 7.11. The van der Waals surface area contributed by atoms with Crippen molar-refractivity contribution in [2.24, 2.45) is 0 Å². The van der Waals surface area contributed by atoms with Gasteiger partial charge in [0.25, 0.3) is 0 Å². The molecular weight excluding hydrogens is 248 g/mol. The van der Waals surface area contributed by atoms with Gasteiger partial charge >= 0.3 is 0 Å². The van der Waals surface area contributed by atoms with E-state index < -0.39 is 0 Å². The topological polar surface area (TPSA) is 41.0 Å². The number of likely N-dealkylation sites (N-methyl/N-ethyl adjacent to an activating group) is 1. The van der Waals surface area contributed by atoms with Crippen LogP contribution in [0, 0.1) is 6.92 Å². The normalized spacial score (nSPS) is 13.4. The number of aryl methyl sites for hydroxylation is 2. The molecule has 0 atom stereocenters. The van der Waals surface area contributed by atoms with E-state index in [1.165, 1.54) is 11.3 Å². The van der Waals surface area contributed by atoms with Crippen LogP contribution in [0.4, 0.5) is 17.2 Å². The van der Waals surface area contributed by atoms with Gasteiger partial charge in [0.05, 0.1) is 0 Å². The zero-order chi connectivity index (χ0) is 14.1. The van der Waals surface area contributed by atoms with Gasteiger partial charge in [-0.2, -0.15) is 0 Å². The lowest BCUT2D eigenvalue weighted by Gasteiger charge is -2.14. The van der Waals surface area contributed by atoms with Crippen LogP contribution in [0.25, 0.3) is 0 Å². The van der Waals surface area contributed by atoms with Crippen molar-refractivity contribution in [3.05, 3.63) is 41.3 Å². The molecular formula is C16H20N4. The van der Waals surface area contributed by atoms with Crippen molar-refractivity contribution < 1.29 is 0 Å². The van der Waals surface area contributed by atoms with Gasteiger partial charge in [0.15, 0.2) is 0 Å².